The van der Waals surface area contributed by atoms with Crippen LogP contribution in [-0.2, 0) is 14.3 Å². The fourth-order valence-electron chi connectivity index (χ4n) is 0.999. The van der Waals surface area contributed by atoms with Gasteiger partial charge in [-0.3, -0.25) is 10.1 Å². The maximum atomic E-state index is 11.1. The number of esters is 2. The molecule has 0 fully saturated rings. The van der Waals surface area contributed by atoms with E-state index in [1.807, 2.05) is 0 Å². The molecule has 0 bridgehead atoms. The van der Waals surface area contributed by atoms with Gasteiger partial charge in [0.1, 0.15) is 5.75 Å². The molecule has 1 rings (SSSR count). The lowest BCUT2D eigenvalue weighted by molar-refractivity contribution is -0.384. The van der Waals surface area contributed by atoms with Gasteiger partial charge < -0.3 is 9.47 Å². The van der Waals surface area contributed by atoms with Gasteiger partial charge in [-0.2, -0.15) is 0 Å². The lowest BCUT2D eigenvalue weighted by Gasteiger charge is -2.03. The molecule has 0 unspecified atom stereocenters. The lowest BCUT2D eigenvalue weighted by Crippen LogP contribution is -2.22. The van der Waals surface area contributed by atoms with Gasteiger partial charge in [-0.15, -0.1) is 0 Å². The number of non-ortho nitro benzene ring substituents is 1. The smallest absolute Gasteiger partial charge is 0.422 e. The summed E-state index contributed by atoms with van der Waals surface area (Å²) < 4.78 is 9.01. The molecule has 0 atom stereocenters. The fourth-order valence-corrected chi connectivity index (χ4v) is 0.999. The van der Waals surface area contributed by atoms with E-state index in [-0.39, 0.29) is 18.0 Å². The third-order valence-electron chi connectivity index (χ3n) is 1.68. The fraction of sp³-hybridized carbons (Fsp3) is 0.200. The molecule has 0 spiro atoms. The Kier molecular flexibility index (Phi) is 4.15. The van der Waals surface area contributed by atoms with Gasteiger partial charge >= 0.3 is 11.9 Å². The van der Waals surface area contributed by atoms with Gasteiger partial charge in [0, 0.05) is 6.07 Å². The van der Waals surface area contributed by atoms with Gasteiger partial charge in [0.25, 0.3) is 5.69 Å². The Morgan fingerprint density at radius 3 is 2.65 bits per heavy atom. The second-order valence-electron chi connectivity index (χ2n) is 2.86. The van der Waals surface area contributed by atoms with Crippen LogP contribution in [0, 0.1) is 10.1 Å². The molecule has 7 nitrogen and oxygen atoms in total. The predicted molar refractivity (Wildman–Crippen MR) is 55.4 cm³/mol. The summed E-state index contributed by atoms with van der Waals surface area (Å²) in [7, 11) is 0. The average Bonchev–Trinajstić information content (AvgIpc) is 2.29. The number of ether oxygens (including phenoxy) is 2. The van der Waals surface area contributed by atoms with Crippen LogP contribution in [0.25, 0.3) is 0 Å². The highest BCUT2D eigenvalue weighted by atomic mass is 16.6. The summed E-state index contributed by atoms with van der Waals surface area (Å²) in [4.78, 5) is 31.9. The topological polar surface area (TPSA) is 95.7 Å². The minimum absolute atomic E-state index is 0.0445. The summed E-state index contributed by atoms with van der Waals surface area (Å²) in [6, 6.07) is 4.94. The Labute approximate surface area is 96.1 Å². The SMILES string of the molecule is CCOC(=O)C(=O)Oc1cccc([N+](=O)[O-])c1. The number of nitrogens with zero attached hydrogens (tertiary/aromatic N) is 1. The van der Waals surface area contributed by atoms with E-state index in [2.05, 4.69) is 9.47 Å². The van der Waals surface area contributed by atoms with E-state index in [0.717, 1.165) is 6.07 Å². The van der Waals surface area contributed by atoms with Crippen LogP contribution in [0.3, 0.4) is 0 Å². The summed E-state index contributed by atoms with van der Waals surface area (Å²) in [6.07, 6.45) is 0. The van der Waals surface area contributed by atoms with Gasteiger partial charge in [-0.05, 0) is 13.0 Å². The maximum absolute atomic E-state index is 11.1. The predicted octanol–water partition coefficient (Wildman–Crippen LogP) is 1.06. The van der Waals surface area contributed by atoms with Gasteiger partial charge in [-0.1, -0.05) is 6.07 Å². The highest BCUT2D eigenvalue weighted by Gasteiger charge is 2.18. The van der Waals surface area contributed by atoms with Crippen LogP contribution in [0.5, 0.6) is 5.75 Å². The molecule has 0 radical (unpaired) electrons. The van der Waals surface area contributed by atoms with Crippen molar-refractivity contribution in [3.63, 3.8) is 0 Å². The zero-order valence-corrected chi connectivity index (χ0v) is 8.91. The third-order valence-corrected chi connectivity index (χ3v) is 1.68. The minimum Gasteiger partial charge on any atom is -0.458 e. The normalized spacial score (nSPS) is 9.47. The zero-order valence-electron chi connectivity index (χ0n) is 8.91. The van der Waals surface area contributed by atoms with Gasteiger partial charge in [0.15, 0.2) is 0 Å². The molecule has 7 heteroatoms. The summed E-state index contributed by atoms with van der Waals surface area (Å²) in [6.45, 7) is 1.58. The average molecular weight is 239 g/mol. The van der Waals surface area contributed by atoms with E-state index in [1.165, 1.54) is 18.2 Å². The molecular formula is C10H9NO6. The molecule has 0 aliphatic carbocycles. The van der Waals surface area contributed by atoms with Crippen molar-refractivity contribution >= 4 is 17.6 Å². The number of carbonyl (C=O) groups is 2. The van der Waals surface area contributed by atoms with E-state index in [9.17, 15) is 19.7 Å². The number of benzene rings is 1. The highest BCUT2D eigenvalue weighted by molar-refractivity contribution is 6.30. The van der Waals surface area contributed by atoms with Gasteiger partial charge in [-0.25, -0.2) is 9.59 Å². The van der Waals surface area contributed by atoms with Crippen LogP contribution < -0.4 is 4.74 Å². The summed E-state index contributed by atoms with van der Waals surface area (Å²) in [5.74, 6) is -2.44. The first-order valence-electron chi connectivity index (χ1n) is 4.68. The quantitative estimate of drug-likeness (QED) is 0.257. The lowest BCUT2D eigenvalue weighted by atomic mass is 10.3. The summed E-state index contributed by atoms with van der Waals surface area (Å²) >= 11 is 0. The van der Waals surface area contributed by atoms with Crippen LogP contribution in [0.15, 0.2) is 24.3 Å². The molecule has 0 aliphatic heterocycles. The van der Waals surface area contributed by atoms with Gasteiger partial charge in [0.05, 0.1) is 17.6 Å². The molecule has 0 saturated carbocycles. The first-order valence-corrected chi connectivity index (χ1v) is 4.68. The van der Waals surface area contributed by atoms with E-state index < -0.39 is 16.9 Å². The van der Waals surface area contributed by atoms with Crippen molar-refractivity contribution in [1.29, 1.82) is 0 Å². The molecule has 0 heterocycles. The summed E-state index contributed by atoms with van der Waals surface area (Å²) in [5, 5.41) is 10.4. The largest absolute Gasteiger partial charge is 0.458 e. The molecule has 1 aromatic carbocycles. The molecule has 0 N–H and O–H groups in total. The van der Waals surface area contributed by atoms with Crippen molar-refractivity contribution in [3.8, 4) is 5.75 Å². The maximum Gasteiger partial charge on any atom is 0.422 e. The molecule has 0 saturated heterocycles. The van der Waals surface area contributed by atoms with Crippen molar-refractivity contribution in [1.82, 2.24) is 0 Å². The van der Waals surface area contributed by atoms with E-state index in [0.29, 0.717) is 0 Å². The first kappa shape index (κ1) is 12.6. The highest BCUT2D eigenvalue weighted by Crippen LogP contribution is 2.19. The number of carbonyl (C=O) groups excluding carboxylic acids is 2. The molecule has 0 aromatic heterocycles. The van der Waals surface area contributed by atoms with Crippen LogP contribution >= 0.6 is 0 Å². The molecular weight excluding hydrogens is 230 g/mol. The van der Waals surface area contributed by atoms with Crippen LogP contribution in [-0.4, -0.2) is 23.5 Å². The van der Waals surface area contributed by atoms with Crippen molar-refractivity contribution < 1.29 is 24.0 Å². The Morgan fingerprint density at radius 2 is 2.06 bits per heavy atom. The zero-order chi connectivity index (χ0) is 12.8. The molecule has 0 aliphatic rings. The van der Waals surface area contributed by atoms with Crippen LogP contribution in [0.4, 0.5) is 5.69 Å². The standard InChI is InChI=1S/C10H9NO6/c1-2-16-9(12)10(13)17-8-5-3-4-7(6-8)11(14)15/h3-6H,2H2,1H3. The van der Waals surface area contributed by atoms with E-state index in [4.69, 9.17) is 0 Å². The van der Waals surface area contributed by atoms with Crippen molar-refractivity contribution in [2.75, 3.05) is 6.61 Å². The van der Waals surface area contributed by atoms with E-state index in [1.54, 1.807) is 6.92 Å². The molecule has 17 heavy (non-hydrogen) atoms. The molecule has 1 aromatic rings. The minimum atomic E-state index is -1.22. The van der Waals surface area contributed by atoms with Crippen molar-refractivity contribution in [3.05, 3.63) is 34.4 Å². The molecule has 0 amide bonds. The summed E-state index contributed by atoms with van der Waals surface area (Å²) in [5.41, 5.74) is -0.237. The van der Waals surface area contributed by atoms with E-state index >= 15 is 0 Å². The number of rotatable bonds is 3. The number of nitro groups is 1. The van der Waals surface area contributed by atoms with Crippen molar-refractivity contribution in [2.45, 2.75) is 6.92 Å². The first-order chi connectivity index (χ1) is 8.04. The van der Waals surface area contributed by atoms with Crippen molar-refractivity contribution in [2.24, 2.45) is 0 Å². The number of hydrogen-bond donors (Lipinski definition) is 0. The Hall–Kier alpha value is -2.44. The number of nitro benzene ring substituents is 1. The molecule has 90 valence electrons. The second kappa shape index (κ2) is 5.59. The third kappa shape index (κ3) is 3.56. The monoisotopic (exact) mass is 239 g/mol. The van der Waals surface area contributed by atoms with Gasteiger partial charge in [0.2, 0.25) is 0 Å². The second-order valence-corrected chi connectivity index (χ2v) is 2.86. The number of hydrogen-bond acceptors (Lipinski definition) is 6. The Morgan fingerprint density at radius 1 is 1.35 bits per heavy atom. The Bertz CT molecular complexity index is 456. The Balaban J connectivity index is 2.75. The van der Waals surface area contributed by atoms with Crippen LogP contribution in [0.2, 0.25) is 0 Å². The van der Waals surface area contributed by atoms with Crippen LogP contribution in [0.1, 0.15) is 6.92 Å².